The third-order valence-corrected chi connectivity index (χ3v) is 5.10. The molecule has 1 aliphatic rings. The second-order valence-corrected chi connectivity index (χ2v) is 7.94. The number of methoxy groups -OCH3 is 1. The lowest BCUT2D eigenvalue weighted by Crippen LogP contribution is -2.34. The van der Waals surface area contributed by atoms with E-state index in [9.17, 15) is 4.79 Å². The van der Waals surface area contributed by atoms with Crippen molar-refractivity contribution >= 4 is 5.91 Å². The van der Waals surface area contributed by atoms with Crippen molar-refractivity contribution < 1.29 is 9.53 Å². The van der Waals surface area contributed by atoms with E-state index in [1.807, 2.05) is 24.3 Å². The average molecular weight is 337 g/mol. The molecule has 0 aromatic heterocycles. The fourth-order valence-corrected chi connectivity index (χ4v) is 3.16. The summed E-state index contributed by atoms with van der Waals surface area (Å²) >= 11 is 0. The van der Waals surface area contributed by atoms with Crippen LogP contribution in [-0.4, -0.2) is 13.0 Å². The molecular formula is C22H27NO2. The highest BCUT2D eigenvalue weighted by atomic mass is 16.5. The summed E-state index contributed by atoms with van der Waals surface area (Å²) < 4.78 is 5.16. The van der Waals surface area contributed by atoms with Gasteiger partial charge in [-0.25, -0.2) is 0 Å². The Morgan fingerprint density at radius 2 is 1.64 bits per heavy atom. The summed E-state index contributed by atoms with van der Waals surface area (Å²) in [6, 6.07) is 16.4. The Kier molecular flexibility index (Phi) is 4.59. The van der Waals surface area contributed by atoms with Crippen molar-refractivity contribution in [1.82, 2.24) is 5.32 Å². The van der Waals surface area contributed by atoms with Crippen LogP contribution in [0.1, 0.15) is 50.3 Å². The van der Waals surface area contributed by atoms with Crippen molar-refractivity contribution in [3.05, 3.63) is 65.2 Å². The first kappa shape index (κ1) is 17.5. The van der Waals surface area contributed by atoms with E-state index >= 15 is 0 Å². The van der Waals surface area contributed by atoms with Gasteiger partial charge in [-0.05, 0) is 47.1 Å². The third-order valence-electron chi connectivity index (χ3n) is 5.10. The van der Waals surface area contributed by atoms with Gasteiger partial charge in [0, 0.05) is 6.54 Å². The van der Waals surface area contributed by atoms with E-state index in [0.29, 0.717) is 6.54 Å². The Bertz CT molecular complexity index is 735. The highest BCUT2D eigenvalue weighted by Crippen LogP contribution is 2.48. The van der Waals surface area contributed by atoms with Crippen molar-refractivity contribution in [2.45, 2.75) is 51.0 Å². The summed E-state index contributed by atoms with van der Waals surface area (Å²) in [6.07, 6.45) is 1.85. The molecule has 1 fully saturated rings. The number of nitrogens with one attached hydrogen (secondary N) is 1. The van der Waals surface area contributed by atoms with Crippen LogP contribution < -0.4 is 10.1 Å². The van der Waals surface area contributed by atoms with Crippen molar-refractivity contribution in [2.75, 3.05) is 7.11 Å². The number of rotatable bonds is 5. The lowest BCUT2D eigenvalue weighted by Gasteiger charge is -2.21. The van der Waals surface area contributed by atoms with Crippen LogP contribution >= 0.6 is 0 Å². The minimum absolute atomic E-state index is 0.131. The van der Waals surface area contributed by atoms with Gasteiger partial charge in [-0.3, -0.25) is 4.79 Å². The summed E-state index contributed by atoms with van der Waals surface area (Å²) in [6.45, 7) is 7.16. The number of hydrogen-bond acceptors (Lipinski definition) is 2. The number of carbonyl (C=O) groups excluding carboxylic acids is 1. The van der Waals surface area contributed by atoms with E-state index < -0.39 is 0 Å². The van der Waals surface area contributed by atoms with Gasteiger partial charge in [-0.2, -0.15) is 0 Å². The maximum Gasteiger partial charge on any atom is 0.230 e. The molecule has 0 unspecified atom stereocenters. The van der Waals surface area contributed by atoms with Crippen LogP contribution in [0.25, 0.3) is 0 Å². The van der Waals surface area contributed by atoms with Crippen LogP contribution in [0.3, 0.4) is 0 Å². The fourth-order valence-electron chi connectivity index (χ4n) is 3.16. The molecule has 1 N–H and O–H groups in total. The molecule has 0 heterocycles. The maximum absolute atomic E-state index is 12.8. The Hall–Kier alpha value is -2.29. The van der Waals surface area contributed by atoms with Gasteiger partial charge in [0.15, 0.2) is 0 Å². The first-order chi connectivity index (χ1) is 11.8. The monoisotopic (exact) mass is 337 g/mol. The second-order valence-electron chi connectivity index (χ2n) is 7.94. The molecule has 0 atom stereocenters. The first-order valence-electron chi connectivity index (χ1n) is 8.87. The van der Waals surface area contributed by atoms with Crippen LogP contribution in [0.2, 0.25) is 0 Å². The number of hydrogen-bond donors (Lipinski definition) is 1. The normalized spacial score (nSPS) is 15.5. The number of carbonyl (C=O) groups is 1. The maximum atomic E-state index is 12.8. The smallest absolute Gasteiger partial charge is 0.230 e. The second kappa shape index (κ2) is 6.55. The van der Waals surface area contributed by atoms with Gasteiger partial charge in [0.05, 0.1) is 12.5 Å². The number of benzene rings is 2. The highest BCUT2D eigenvalue weighted by Gasteiger charge is 2.51. The zero-order valence-electron chi connectivity index (χ0n) is 15.6. The van der Waals surface area contributed by atoms with Gasteiger partial charge in [-0.1, -0.05) is 57.2 Å². The van der Waals surface area contributed by atoms with Crippen LogP contribution in [-0.2, 0) is 22.2 Å². The fraction of sp³-hybridized carbons (Fsp3) is 0.409. The number of ether oxygens (including phenoxy) is 1. The SMILES string of the molecule is COc1ccc(CNC(=O)C2(c3ccc(C(C)(C)C)cc3)CC2)cc1. The van der Waals surface area contributed by atoms with E-state index in [1.54, 1.807) is 7.11 Å². The van der Waals surface area contributed by atoms with Gasteiger partial charge in [0.2, 0.25) is 5.91 Å². The molecule has 0 bridgehead atoms. The van der Waals surface area contributed by atoms with Crippen molar-refractivity contribution in [2.24, 2.45) is 0 Å². The van der Waals surface area contributed by atoms with Crippen LogP contribution in [0, 0.1) is 0 Å². The van der Waals surface area contributed by atoms with E-state index in [2.05, 4.69) is 50.4 Å². The van der Waals surface area contributed by atoms with E-state index in [1.165, 1.54) is 5.56 Å². The Labute approximate surface area is 150 Å². The van der Waals surface area contributed by atoms with Crippen LogP contribution in [0.15, 0.2) is 48.5 Å². The van der Waals surface area contributed by atoms with Gasteiger partial charge in [0.1, 0.15) is 5.75 Å². The molecule has 2 aromatic rings. The summed E-state index contributed by atoms with van der Waals surface area (Å²) in [5.41, 5.74) is 3.31. The van der Waals surface area contributed by atoms with Crippen LogP contribution in [0.5, 0.6) is 5.75 Å². The molecule has 1 aliphatic carbocycles. The lowest BCUT2D eigenvalue weighted by atomic mass is 9.85. The van der Waals surface area contributed by atoms with Gasteiger partial charge >= 0.3 is 0 Å². The van der Waals surface area contributed by atoms with Crippen molar-refractivity contribution in [3.8, 4) is 5.75 Å². The number of amides is 1. The lowest BCUT2D eigenvalue weighted by molar-refractivity contribution is -0.123. The first-order valence-corrected chi connectivity index (χ1v) is 8.87. The largest absolute Gasteiger partial charge is 0.497 e. The molecule has 132 valence electrons. The Morgan fingerprint density at radius 3 is 2.12 bits per heavy atom. The molecule has 0 aliphatic heterocycles. The Morgan fingerprint density at radius 1 is 1.04 bits per heavy atom. The molecule has 1 saturated carbocycles. The van der Waals surface area contributed by atoms with E-state index in [-0.39, 0.29) is 16.7 Å². The predicted molar refractivity (Wildman–Crippen MR) is 101 cm³/mol. The molecule has 1 amide bonds. The minimum Gasteiger partial charge on any atom is -0.497 e. The molecule has 0 saturated heterocycles. The van der Waals surface area contributed by atoms with Crippen molar-refractivity contribution in [3.63, 3.8) is 0 Å². The summed E-state index contributed by atoms with van der Waals surface area (Å²) in [7, 11) is 1.65. The van der Waals surface area contributed by atoms with Gasteiger partial charge in [-0.15, -0.1) is 0 Å². The summed E-state index contributed by atoms with van der Waals surface area (Å²) in [5.74, 6) is 0.958. The third kappa shape index (κ3) is 3.71. The van der Waals surface area contributed by atoms with E-state index in [0.717, 1.165) is 29.7 Å². The summed E-state index contributed by atoms with van der Waals surface area (Å²) in [5, 5.41) is 3.10. The molecule has 0 radical (unpaired) electrons. The zero-order valence-corrected chi connectivity index (χ0v) is 15.6. The van der Waals surface area contributed by atoms with Gasteiger partial charge < -0.3 is 10.1 Å². The Balaban J connectivity index is 1.66. The molecule has 2 aromatic carbocycles. The van der Waals surface area contributed by atoms with E-state index in [4.69, 9.17) is 4.74 Å². The van der Waals surface area contributed by atoms with Crippen molar-refractivity contribution in [1.29, 1.82) is 0 Å². The molecule has 25 heavy (non-hydrogen) atoms. The molecular weight excluding hydrogens is 310 g/mol. The summed E-state index contributed by atoms with van der Waals surface area (Å²) in [4.78, 5) is 12.8. The van der Waals surface area contributed by atoms with Gasteiger partial charge in [0.25, 0.3) is 0 Å². The predicted octanol–water partition coefficient (Wildman–Crippen LogP) is 4.34. The topological polar surface area (TPSA) is 38.3 Å². The highest BCUT2D eigenvalue weighted by molar-refractivity contribution is 5.91. The van der Waals surface area contributed by atoms with Crippen LogP contribution in [0.4, 0.5) is 0 Å². The molecule has 0 spiro atoms. The zero-order chi connectivity index (χ0) is 18.1. The molecule has 3 nitrogen and oxygen atoms in total. The average Bonchev–Trinajstić information content (AvgIpc) is 3.41. The quantitative estimate of drug-likeness (QED) is 0.881. The molecule has 3 heteroatoms. The standard InChI is InChI=1S/C22H27NO2/c1-21(2,3)17-7-9-18(10-8-17)22(13-14-22)20(24)23-15-16-5-11-19(25-4)12-6-16/h5-12H,13-15H2,1-4H3,(H,23,24). The molecule has 3 rings (SSSR count). The minimum atomic E-state index is -0.330.